The van der Waals surface area contributed by atoms with Crippen LogP contribution in [0.15, 0.2) is 42.6 Å². The molecule has 2 aromatic rings. The topological polar surface area (TPSA) is 30.0 Å². The number of Topliss-reactive ketones (excluding diaryl/α,β-unsaturated/α-hetero) is 1. The maximum absolute atomic E-state index is 12.2. The Morgan fingerprint density at radius 2 is 2.00 bits per heavy atom. The molecular formula is C24H27NO. The highest BCUT2D eigenvalue weighted by atomic mass is 16.1. The van der Waals surface area contributed by atoms with Crippen molar-refractivity contribution in [1.82, 2.24) is 4.98 Å². The molecule has 4 rings (SSSR count). The van der Waals surface area contributed by atoms with E-state index in [9.17, 15) is 4.79 Å². The Labute approximate surface area is 156 Å². The first-order chi connectivity index (χ1) is 12.6. The van der Waals surface area contributed by atoms with Crippen molar-refractivity contribution in [2.24, 2.45) is 11.8 Å². The molecule has 0 spiro atoms. The highest BCUT2D eigenvalue weighted by Gasteiger charge is 2.38. The molecule has 1 aromatic heterocycles. The van der Waals surface area contributed by atoms with Crippen molar-refractivity contribution in [3.63, 3.8) is 0 Å². The van der Waals surface area contributed by atoms with Gasteiger partial charge in [0.15, 0.2) is 5.78 Å². The minimum atomic E-state index is 0.204. The number of fused-ring (bicyclic) bond motifs is 1. The summed E-state index contributed by atoms with van der Waals surface area (Å²) in [4.78, 5) is 16.7. The van der Waals surface area contributed by atoms with Crippen molar-refractivity contribution >= 4 is 11.4 Å². The van der Waals surface area contributed by atoms with E-state index < -0.39 is 0 Å². The van der Waals surface area contributed by atoms with Gasteiger partial charge in [-0.2, -0.15) is 0 Å². The largest absolute Gasteiger partial charge is 0.294 e. The van der Waals surface area contributed by atoms with Crippen LogP contribution in [0.2, 0.25) is 0 Å². The van der Waals surface area contributed by atoms with Gasteiger partial charge >= 0.3 is 0 Å². The van der Waals surface area contributed by atoms with Crippen molar-refractivity contribution in [2.45, 2.75) is 52.4 Å². The van der Waals surface area contributed by atoms with Gasteiger partial charge in [0.05, 0.1) is 0 Å². The van der Waals surface area contributed by atoms with E-state index in [1.807, 2.05) is 25.3 Å². The molecule has 0 amide bonds. The first-order valence-corrected chi connectivity index (χ1v) is 9.93. The van der Waals surface area contributed by atoms with E-state index in [4.69, 9.17) is 0 Å². The molecule has 0 bridgehead atoms. The second-order valence-corrected chi connectivity index (χ2v) is 7.83. The average Bonchev–Trinajstić information content (AvgIpc) is 3.01. The number of aryl methyl sites for hydroxylation is 1. The standard InChI is InChI=1S/C24H27NO/c1-4-16-11-19(12-16)21-14-22(24-15(3)25-10-9-20(21)24)17-7-6-8-18(13-17)23(26)5-2/h6-10,13-14,16,19,21H,4-5,11-12H2,1-3H3. The molecule has 26 heavy (non-hydrogen) atoms. The maximum Gasteiger partial charge on any atom is 0.162 e. The van der Waals surface area contributed by atoms with Crippen molar-refractivity contribution in [1.29, 1.82) is 0 Å². The lowest BCUT2D eigenvalue weighted by Gasteiger charge is -2.38. The zero-order valence-corrected chi connectivity index (χ0v) is 16.0. The second-order valence-electron chi connectivity index (χ2n) is 7.83. The van der Waals surface area contributed by atoms with Crippen LogP contribution >= 0.6 is 0 Å². The predicted molar refractivity (Wildman–Crippen MR) is 106 cm³/mol. The average molecular weight is 345 g/mol. The number of benzene rings is 1. The number of hydrogen-bond acceptors (Lipinski definition) is 2. The fourth-order valence-electron chi connectivity index (χ4n) is 4.68. The van der Waals surface area contributed by atoms with Crippen molar-refractivity contribution < 1.29 is 4.79 Å². The van der Waals surface area contributed by atoms with Gasteiger partial charge in [-0.3, -0.25) is 9.78 Å². The van der Waals surface area contributed by atoms with Crippen LogP contribution in [0.4, 0.5) is 0 Å². The molecule has 2 aliphatic carbocycles. The number of pyridine rings is 1. The molecule has 134 valence electrons. The summed E-state index contributed by atoms with van der Waals surface area (Å²) in [6.07, 6.45) is 8.91. The quantitative estimate of drug-likeness (QED) is 0.627. The zero-order chi connectivity index (χ0) is 18.3. The fraction of sp³-hybridized carbons (Fsp3) is 0.417. The molecule has 0 aliphatic heterocycles. The number of rotatable bonds is 5. The first kappa shape index (κ1) is 17.2. The number of aromatic nitrogens is 1. The summed E-state index contributed by atoms with van der Waals surface area (Å²) in [5.74, 6) is 2.35. The molecular weight excluding hydrogens is 318 g/mol. The van der Waals surface area contributed by atoms with Crippen molar-refractivity contribution in [3.8, 4) is 0 Å². The molecule has 0 radical (unpaired) electrons. The van der Waals surface area contributed by atoms with Crippen LogP contribution in [0.5, 0.6) is 0 Å². The summed E-state index contributed by atoms with van der Waals surface area (Å²) in [6, 6.07) is 10.3. The number of hydrogen-bond donors (Lipinski definition) is 0. The smallest absolute Gasteiger partial charge is 0.162 e. The van der Waals surface area contributed by atoms with Crippen LogP contribution < -0.4 is 0 Å². The summed E-state index contributed by atoms with van der Waals surface area (Å²) in [6.45, 7) is 6.32. The summed E-state index contributed by atoms with van der Waals surface area (Å²) in [5.41, 5.74) is 7.04. The molecule has 2 aliphatic rings. The van der Waals surface area contributed by atoms with E-state index >= 15 is 0 Å². The molecule has 2 nitrogen and oxygen atoms in total. The van der Waals surface area contributed by atoms with Gasteiger partial charge in [0.1, 0.15) is 0 Å². The molecule has 2 heteroatoms. The maximum atomic E-state index is 12.2. The Hall–Kier alpha value is -2.22. The normalized spacial score (nSPS) is 24.0. The highest BCUT2D eigenvalue weighted by Crippen LogP contribution is 2.51. The lowest BCUT2D eigenvalue weighted by Crippen LogP contribution is -2.27. The van der Waals surface area contributed by atoms with Crippen LogP contribution in [-0.2, 0) is 0 Å². The van der Waals surface area contributed by atoms with Crippen LogP contribution in [0, 0.1) is 18.8 Å². The van der Waals surface area contributed by atoms with Crippen LogP contribution in [0.3, 0.4) is 0 Å². The number of carbonyl (C=O) groups excluding carboxylic acids is 1. The van der Waals surface area contributed by atoms with E-state index in [0.717, 1.165) is 28.7 Å². The van der Waals surface area contributed by atoms with Gasteiger partial charge in [0, 0.05) is 35.4 Å². The first-order valence-electron chi connectivity index (χ1n) is 9.93. The van der Waals surface area contributed by atoms with Gasteiger partial charge in [-0.25, -0.2) is 0 Å². The van der Waals surface area contributed by atoms with Gasteiger partial charge in [0.2, 0.25) is 0 Å². The van der Waals surface area contributed by atoms with Crippen LogP contribution in [0.1, 0.15) is 78.2 Å². The Kier molecular flexibility index (Phi) is 4.52. The molecule has 1 atom stereocenters. The van der Waals surface area contributed by atoms with Gasteiger partial charge < -0.3 is 0 Å². The molecule has 1 unspecified atom stereocenters. The van der Waals surface area contributed by atoms with Crippen LogP contribution in [0.25, 0.3) is 5.57 Å². The number of nitrogens with zero attached hydrogens (tertiary/aromatic N) is 1. The number of ketones is 1. The summed E-state index contributed by atoms with van der Waals surface area (Å²) in [5, 5.41) is 0. The summed E-state index contributed by atoms with van der Waals surface area (Å²) < 4.78 is 0. The highest BCUT2D eigenvalue weighted by molar-refractivity contribution is 5.97. The monoisotopic (exact) mass is 345 g/mol. The summed E-state index contributed by atoms with van der Waals surface area (Å²) in [7, 11) is 0. The third-order valence-corrected chi connectivity index (χ3v) is 6.32. The predicted octanol–water partition coefficient (Wildman–Crippen LogP) is 5.95. The van der Waals surface area contributed by atoms with Crippen molar-refractivity contribution in [2.75, 3.05) is 0 Å². The van der Waals surface area contributed by atoms with E-state index in [1.165, 1.54) is 36.0 Å². The lowest BCUT2D eigenvalue weighted by molar-refractivity contribution is 0.0988. The third-order valence-electron chi connectivity index (χ3n) is 6.32. The second kappa shape index (κ2) is 6.83. The minimum Gasteiger partial charge on any atom is -0.294 e. The van der Waals surface area contributed by atoms with Gasteiger partial charge in [-0.15, -0.1) is 0 Å². The van der Waals surface area contributed by atoms with Gasteiger partial charge in [-0.1, -0.05) is 44.5 Å². The number of allylic oxidation sites excluding steroid dienone is 1. The van der Waals surface area contributed by atoms with Gasteiger partial charge in [-0.05, 0) is 60.4 Å². The third kappa shape index (κ3) is 2.82. The van der Waals surface area contributed by atoms with Crippen molar-refractivity contribution in [3.05, 3.63) is 70.6 Å². The van der Waals surface area contributed by atoms with Gasteiger partial charge in [0.25, 0.3) is 0 Å². The Bertz CT molecular complexity index is 874. The van der Waals surface area contributed by atoms with E-state index in [0.29, 0.717) is 12.3 Å². The Morgan fingerprint density at radius 3 is 2.73 bits per heavy atom. The fourth-order valence-corrected chi connectivity index (χ4v) is 4.68. The lowest BCUT2D eigenvalue weighted by atomic mass is 9.66. The number of carbonyl (C=O) groups is 1. The van der Waals surface area contributed by atoms with Crippen LogP contribution in [-0.4, -0.2) is 10.8 Å². The minimum absolute atomic E-state index is 0.204. The molecule has 1 saturated carbocycles. The molecule has 1 fully saturated rings. The van der Waals surface area contributed by atoms with E-state index in [-0.39, 0.29) is 5.78 Å². The Morgan fingerprint density at radius 1 is 1.19 bits per heavy atom. The molecule has 1 heterocycles. The molecule has 0 saturated heterocycles. The summed E-state index contributed by atoms with van der Waals surface area (Å²) >= 11 is 0. The molecule has 0 N–H and O–H groups in total. The van der Waals surface area contributed by atoms with E-state index in [2.05, 4.69) is 43.1 Å². The van der Waals surface area contributed by atoms with E-state index in [1.54, 1.807) is 0 Å². The SMILES string of the molecule is CCC(=O)c1cccc(C2=CC(C3CC(CC)C3)c3ccnc(C)c32)c1. The zero-order valence-electron chi connectivity index (χ0n) is 16.0. The molecule has 1 aromatic carbocycles. The Balaban J connectivity index is 1.75.